The molecule has 5 heteroatoms. The molecular formula is C8H10BrNO2S. The molecule has 0 aliphatic heterocycles. The lowest BCUT2D eigenvalue weighted by Crippen LogP contribution is -2.32. The van der Waals surface area contributed by atoms with Crippen LogP contribution in [0, 0.1) is 0 Å². The summed E-state index contributed by atoms with van der Waals surface area (Å²) >= 11 is 4.95. The highest BCUT2D eigenvalue weighted by molar-refractivity contribution is 9.11. The number of rotatable bonds is 4. The number of hydrogen-bond donors (Lipinski definition) is 2. The van der Waals surface area contributed by atoms with Gasteiger partial charge in [0.25, 0.3) is 0 Å². The van der Waals surface area contributed by atoms with Crippen LogP contribution >= 0.6 is 27.3 Å². The van der Waals surface area contributed by atoms with Gasteiger partial charge in [-0.05, 0) is 35.0 Å². The monoisotopic (exact) mass is 263 g/mol. The molecule has 0 radical (unpaired) electrons. The van der Waals surface area contributed by atoms with Crippen molar-refractivity contribution in [1.29, 1.82) is 0 Å². The lowest BCUT2D eigenvalue weighted by atomic mass is 10.3. The average molecular weight is 264 g/mol. The highest BCUT2D eigenvalue weighted by Crippen LogP contribution is 2.21. The van der Waals surface area contributed by atoms with Crippen LogP contribution in [-0.2, 0) is 11.3 Å². The van der Waals surface area contributed by atoms with Gasteiger partial charge in [-0.2, -0.15) is 0 Å². The Morgan fingerprint density at radius 1 is 1.77 bits per heavy atom. The van der Waals surface area contributed by atoms with Crippen LogP contribution in [0.5, 0.6) is 0 Å². The molecule has 0 aromatic carbocycles. The summed E-state index contributed by atoms with van der Waals surface area (Å²) < 4.78 is 1.06. The first kappa shape index (κ1) is 10.7. The van der Waals surface area contributed by atoms with Gasteiger partial charge in [0.2, 0.25) is 0 Å². The minimum absolute atomic E-state index is 0.499. The minimum atomic E-state index is -0.823. The molecule has 0 amide bonds. The highest BCUT2D eigenvalue weighted by Gasteiger charge is 2.09. The molecule has 0 fully saturated rings. The van der Waals surface area contributed by atoms with Gasteiger partial charge in [-0.15, -0.1) is 11.3 Å². The Balaban J connectivity index is 2.39. The molecule has 1 rings (SSSR count). The molecule has 0 saturated carbocycles. The van der Waals surface area contributed by atoms with Crippen LogP contribution in [0.25, 0.3) is 0 Å². The van der Waals surface area contributed by atoms with E-state index in [0.29, 0.717) is 6.54 Å². The molecule has 72 valence electrons. The standard InChI is InChI=1S/C8H10BrNO2S/c1-5(8(11)12)10-4-6-2-3-7(9)13-6/h2-3,5,10H,4H2,1H3,(H,11,12)/t5-/m0/s1. The first-order valence-corrected chi connectivity index (χ1v) is 5.41. The van der Waals surface area contributed by atoms with Crippen LogP contribution < -0.4 is 5.32 Å². The van der Waals surface area contributed by atoms with Gasteiger partial charge in [-0.3, -0.25) is 10.1 Å². The van der Waals surface area contributed by atoms with Gasteiger partial charge < -0.3 is 5.11 Å². The molecule has 0 unspecified atom stereocenters. The zero-order valence-electron chi connectivity index (χ0n) is 7.08. The molecule has 0 bridgehead atoms. The lowest BCUT2D eigenvalue weighted by molar-refractivity contribution is -0.139. The smallest absolute Gasteiger partial charge is 0.320 e. The number of carbonyl (C=O) groups is 1. The molecular weight excluding hydrogens is 254 g/mol. The van der Waals surface area contributed by atoms with Crippen molar-refractivity contribution in [3.05, 3.63) is 20.8 Å². The van der Waals surface area contributed by atoms with E-state index in [1.54, 1.807) is 18.3 Å². The number of carboxylic acid groups (broad SMARTS) is 1. The summed E-state index contributed by atoms with van der Waals surface area (Å²) in [6.45, 7) is 2.23. The molecule has 2 N–H and O–H groups in total. The van der Waals surface area contributed by atoms with Crippen LogP contribution in [0.1, 0.15) is 11.8 Å². The summed E-state index contributed by atoms with van der Waals surface area (Å²) in [7, 11) is 0. The van der Waals surface area contributed by atoms with E-state index in [4.69, 9.17) is 5.11 Å². The number of nitrogens with one attached hydrogen (secondary N) is 1. The molecule has 13 heavy (non-hydrogen) atoms. The van der Waals surface area contributed by atoms with Gasteiger partial charge in [0, 0.05) is 11.4 Å². The van der Waals surface area contributed by atoms with E-state index >= 15 is 0 Å². The molecule has 1 heterocycles. The second kappa shape index (κ2) is 4.74. The maximum atomic E-state index is 10.5. The van der Waals surface area contributed by atoms with Gasteiger partial charge in [0.1, 0.15) is 6.04 Å². The fourth-order valence-corrected chi connectivity index (χ4v) is 2.22. The number of aliphatic carboxylic acids is 1. The molecule has 0 saturated heterocycles. The van der Waals surface area contributed by atoms with Crippen molar-refractivity contribution in [1.82, 2.24) is 5.32 Å². The fourth-order valence-electron chi connectivity index (χ4n) is 0.788. The van der Waals surface area contributed by atoms with E-state index < -0.39 is 12.0 Å². The van der Waals surface area contributed by atoms with Crippen molar-refractivity contribution in [2.75, 3.05) is 0 Å². The molecule has 0 aliphatic carbocycles. The second-order valence-corrected chi connectivity index (χ2v) is 5.19. The Hall–Kier alpha value is -0.390. The largest absolute Gasteiger partial charge is 0.480 e. The van der Waals surface area contributed by atoms with Gasteiger partial charge >= 0.3 is 5.97 Å². The zero-order valence-corrected chi connectivity index (χ0v) is 9.48. The topological polar surface area (TPSA) is 49.3 Å². The normalized spacial score (nSPS) is 12.8. The number of thiophene rings is 1. The van der Waals surface area contributed by atoms with Crippen LogP contribution in [0.2, 0.25) is 0 Å². The summed E-state index contributed by atoms with van der Waals surface area (Å²) in [5, 5.41) is 11.5. The summed E-state index contributed by atoms with van der Waals surface area (Å²) in [5.74, 6) is -0.823. The van der Waals surface area contributed by atoms with Crippen LogP contribution in [-0.4, -0.2) is 17.1 Å². The van der Waals surface area contributed by atoms with Gasteiger partial charge in [0.05, 0.1) is 3.79 Å². The van der Waals surface area contributed by atoms with E-state index in [1.807, 2.05) is 12.1 Å². The van der Waals surface area contributed by atoms with E-state index in [9.17, 15) is 4.79 Å². The maximum absolute atomic E-state index is 10.5. The third-order valence-electron chi connectivity index (χ3n) is 1.58. The Labute approximate surface area is 88.9 Å². The van der Waals surface area contributed by atoms with Crippen molar-refractivity contribution >= 4 is 33.2 Å². The van der Waals surface area contributed by atoms with E-state index in [2.05, 4.69) is 21.2 Å². The number of halogens is 1. The van der Waals surface area contributed by atoms with Crippen molar-refractivity contribution in [2.45, 2.75) is 19.5 Å². The highest BCUT2D eigenvalue weighted by atomic mass is 79.9. The van der Waals surface area contributed by atoms with E-state index in [0.717, 1.165) is 8.66 Å². The van der Waals surface area contributed by atoms with Crippen LogP contribution in [0.15, 0.2) is 15.9 Å². The van der Waals surface area contributed by atoms with Crippen LogP contribution in [0.4, 0.5) is 0 Å². The zero-order chi connectivity index (χ0) is 9.84. The van der Waals surface area contributed by atoms with Gasteiger partial charge in [-0.1, -0.05) is 0 Å². The van der Waals surface area contributed by atoms with Gasteiger partial charge in [0.15, 0.2) is 0 Å². The van der Waals surface area contributed by atoms with E-state index in [1.165, 1.54) is 0 Å². The minimum Gasteiger partial charge on any atom is -0.480 e. The lowest BCUT2D eigenvalue weighted by Gasteiger charge is -2.06. The second-order valence-electron chi connectivity index (χ2n) is 2.65. The van der Waals surface area contributed by atoms with Crippen molar-refractivity contribution < 1.29 is 9.90 Å². The molecule has 1 aromatic heterocycles. The summed E-state index contributed by atoms with van der Waals surface area (Å²) in [4.78, 5) is 11.6. The molecule has 0 aliphatic rings. The molecule has 1 aromatic rings. The molecule has 1 atom stereocenters. The quantitative estimate of drug-likeness (QED) is 0.875. The van der Waals surface area contributed by atoms with Crippen molar-refractivity contribution in [3.63, 3.8) is 0 Å². The SMILES string of the molecule is C[C@H](NCc1ccc(Br)s1)C(=O)O. The first-order valence-electron chi connectivity index (χ1n) is 3.80. The average Bonchev–Trinajstić information content (AvgIpc) is 2.47. The Bertz CT molecular complexity index is 300. The van der Waals surface area contributed by atoms with E-state index in [-0.39, 0.29) is 0 Å². The van der Waals surface area contributed by atoms with Crippen LogP contribution in [0.3, 0.4) is 0 Å². The molecule has 0 spiro atoms. The Morgan fingerprint density at radius 2 is 2.46 bits per heavy atom. The third-order valence-corrected chi connectivity index (χ3v) is 3.21. The predicted molar refractivity (Wildman–Crippen MR) is 56.0 cm³/mol. The predicted octanol–water partition coefficient (Wildman–Crippen LogP) is 2.07. The fraction of sp³-hybridized carbons (Fsp3) is 0.375. The summed E-state index contributed by atoms with van der Waals surface area (Å²) in [6.07, 6.45) is 0. The third kappa shape index (κ3) is 3.46. The van der Waals surface area contributed by atoms with Crippen molar-refractivity contribution in [2.24, 2.45) is 0 Å². The first-order chi connectivity index (χ1) is 6.09. The summed E-state index contributed by atoms with van der Waals surface area (Å²) in [6, 6.07) is 3.42. The van der Waals surface area contributed by atoms with Gasteiger partial charge in [-0.25, -0.2) is 0 Å². The molecule has 3 nitrogen and oxygen atoms in total. The Morgan fingerprint density at radius 3 is 2.92 bits per heavy atom. The Kier molecular flexibility index (Phi) is 3.90. The van der Waals surface area contributed by atoms with Crippen molar-refractivity contribution in [3.8, 4) is 0 Å². The maximum Gasteiger partial charge on any atom is 0.320 e. The summed E-state index contributed by atoms with van der Waals surface area (Å²) in [5.41, 5.74) is 0. The number of hydrogen-bond acceptors (Lipinski definition) is 3. The number of carboxylic acids is 1.